The molecule has 1 fully saturated rings. The molecule has 2 N–H and O–H groups in total. The summed E-state index contributed by atoms with van der Waals surface area (Å²) in [6.07, 6.45) is 3.79. The highest BCUT2D eigenvalue weighted by Crippen LogP contribution is 2.32. The molecule has 0 aliphatic heterocycles. The molecule has 2 unspecified atom stereocenters. The van der Waals surface area contributed by atoms with Crippen LogP contribution in [0.2, 0.25) is 0 Å². The number of aryl methyl sites for hydroxylation is 1. The van der Waals surface area contributed by atoms with E-state index >= 15 is 0 Å². The van der Waals surface area contributed by atoms with Crippen molar-refractivity contribution in [3.63, 3.8) is 0 Å². The average Bonchev–Trinajstić information content (AvgIpc) is 2.22. The molecule has 0 amide bonds. The van der Waals surface area contributed by atoms with Crippen LogP contribution in [0.5, 0.6) is 5.88 Å². The van der Waals surface area contributed by atoms with Gasteiger partial charge >= 0.3 is 0 Å². The fraction of sp³-hybridized carbons (Fsp3) is 0.643. The van der Waals surface area contributed by atoms with Crippen LogP contribution in [0, 0.1) is 18.8 Å². The van der Waals surface area contributed by atoms with Crippen molar-refractivity contribution in [1.82, 2.24) is 4.98 Å². The van der Waals surface area contributed by atoms with Crippen LogP contribution < -0.4 is 10.5 Å². The highest BCUT2D eigenvalue weighted by atomic mass is 16.5. The first-order valence-corrected chi connectivity index (χ1v) is 6.44. The van der Waals surface area contributed by atoms with Crippen LogP contribution >= 0.6 is 0 Å². The SMILES string of the molecule is Cc1ccc(N)c(OC2CC(C)CC(C)C2)n1. The van der Waals surface area contributed by atoms with Crippen molar-refractivity contribution in [2.75, 3.05) is 5.73 Å². The van der Waals surface area contributed by atoms with Crippen molar-refractivity contribution in [3.05, 3.63) is 17.8 Å². The van der Waals surface area contributed by atoms with E-state index < -0.39 is 0 Å². The molecule has 1 aromatic heterocycles. The monoisotopic (exact) mass is 234 g/mol. The second-order valence-corrected chi connectivity index (χ2v) is 5.50. The summed E-state index contributed by atoms with van der Waals surface area (Å²) < 4.78 is 5.97. The molecule has 0 saturated heterocycles. The Hall–Kier alpha value is -1.25. The summed E-state index contributed by atoms with van der Waals surface area (Å²) >= 11 is 0. The third kappa shape index (κ3) is 3.11. The highest BCUT2D eigenvalue weighted by Gasteiger charge is 2.26. The quantitative estimate of drug-likeness (QED) is 0.855. The Balaban J connectivity index is 2.07. The van der Waals surface area contributed by atoms with E-state index in [0.29, 0.717) is 11.6 Å². The molecule has 1 aromatic rings. The van der Waals surface area contributed by atoms with Gasteiger partial charge in [0.25, 0.3) is 0 Å². The van der Waals surface area contributed by atoms with Gasteiger partial charge in [0.15, 0.2) is 0 Å². The molecule has 17 heavy (non-hydrogen) atoms. The van der Waals surface area contributed by atoms with Gasteiger partial charge in [-0.15, -0.1) is 0 Å². The number of pyridine rings is 1. The van der Waals surface area contributed by atoms with Gasteiger partial charge in [-0.3, -0.25) is 0 Å². The van der Waals surface area contributed by atoms with Crippen LogP contribution in [-0.2, 0) is 0 Å². The van der Waals surface area contributed by atoms with Crippen molar-refractivity contribution in [2.45, 2.75) is 46.1 Å². The predicted octanol–water partition coefficient (Wildman–Crippen LogP) is 3.18. The van der Waals surface area contributed by atoms with Gasteiger partial charge in [-0.2, -0.15) is 0 Å². The van der Waals surface area contributed by atoms with Crippen molar-refractivity contribution in [2.24, 2.45) is 11.8 Å². The number of hydrogen-bond acceptors (Lipinski definition) is 3. The van der Waals surface area contributed by atoms with Crippen LogP contribution in [-0.4, -0.2) is 11.1 Å². The normalized spacial score (nSPS) is 29.0. The first-order chi connectivity index (χ1) is 8.04. The summed E-state index contributed by atoms with van der Waals surface area (Å²) in [7, 11) is 0. The van der Waals surface area contributed by atoms with Crippen LogP contribution in [0.4, 0.5) is 5.69 Å². The van der Waals surface area contributed by atoms with E-state index in [4.69, 9.17) is 10.5 Å². The largest absolute Gasteiger partial charge is 0.473 e. The molecule has 1 aliphatic rings. The average molecular weight is 234 g/mol. The minimum atomic E-state index is 0.269. The summed E-state index contributed by atoms with van der Waals surface area (Å²) in [5.41, 5.74) is 7.48. The van der Waals surface area contributed by atoms with Gasteiger partial charge in [0.05, 0.1) is 5.69 Å². The van der Waals surface area contributed by atoms with E-state index in [1.54, 1.807) is 0 Å². The van der Waals surface area contributed by atoms with E-state index in [9.17, 15) is 0 Å². The van der Waals surface area contributed by atoms with Crippen molar-refractivity contribution in [3.8, 4) is 5.88 Å². The summed E-state index contributed by atoms with van der Waals surface area (Å²) in [5.74, 6) is 2.07. The molecule has 3 heteroatoms. The molecule has 0 radical (unpaired) electrons. The fourth-order valence-corrected chi connectivity index (χ4v) is 2.77. The van der Waals surface area contributed by atoms with Gasteiger partial charge in [0.1, 0.15) is 6.10 Å². The molecule has 2 atom stereocenters. The van der Waals surface area contributed by atoms with Gasteiger partial charge in [0.2, 0.25) is 5.88 Å². The molecule has 0 aromatic carbocycles. The number of ether oxygens (including phenoxy) is 1. The number of rotatable bonds is 2. The van der Waals surface area contributed by atoms with Gasteiger partial charge in [-0.25, -0.2) is 4.98 Å². The molecular formula is C14H22N2O. The third-order valence-corrected chi connectivity index (χ3v) is 3.44. The van der Waals surface area contributed by atoms with Crippen molar-refractivity contribution < 1.29 is 4.74 Å². The first kappa shape index (κ1) is 12.2. The zero-order chi connectivity index (χ0) is 12.4. The molecule has 0 spiro atoms. The van der Waals surface area contributed by atoms with Gasteiger partial charge in [-0.1, -0.05) is 13.8 Å². The Kier molecular flexibility index (Phi) is 3.55. The Morgan fingerprint density at radius 1 is 1.18 bits per heavy atom. The zero-order valence-electron chi connectivity index (χ0n) is 10.9. The minimum absolute atomic E-state index is 0.269. The van der Waals surface area contributed by atoms with Gasteiger partial charge < -0.3 is 10.5 Å². The van der Waals surface area contributed by atoms with E-state index in [0.717, 1.165) is 30.4 Å². The maximum Gasteiger partial charge on any atom is 0.237 e. The minimum Gasteiger partial charge on any atom is -0.473 e. The smallest absolute Gasteiger partial charge is 0.237 e. The van der Waals surface area contributed by atoms with Crippen molar-refractivity contribution >= 4 is 5.69 Å². The van der Waals surface area contributed by atoms with Crippen molar-refractivity contribution in [1.29, 1.82) is 0 Å². The van der Waals surface area contributed by atoms with Gasteiger partial charge in [0, 0.05) is 5.69 Å². The summed E-state index contributed by atoms with van der Waals surface area (Å²) in [6, 6.07) is 3.78. The molecule has 0 bridgehead atoms. The number of aromatic nitrogens is 1. The molecule has 1 heterocycles. The van der Waals surface area contributed by atoms with E-state index in [1.165, 1.54) is 6.42 Å². The lowest BCUT2D eigenvalue weighted by Gasteiger charge is -2.31. The summed E-state index contributed by atoms with van der Waals surface area (Å²) in [5, 5.41) is 0. The number of hydrogen-bond donors (Lipinski definition) is 1. The lowest BCUT2D eigenvalue weighted by Crippen LogP contribution is -2.29. The molecule has 1 saturated carbocycles. The molecule has 1 aliphatic carbocycles. The topological polar surface area (TPSA) is 48.1 Å². The standard InChI is InChI=1S/C14H22N2O/c1-9-6-10(2)8-12(7-9)17-14-13(15)5-4-11(3)16-14/h4-5,9-10,12H,6-8,15H2,1-3H3. The Morgan fingerprint density at radius 2 is 1.82 bits per heavy atom. The van der Waals surface area contributed by atoms with E-state index in [-0.39, 0.29) is 6.10 Å². The van der Waals surface area contributed by atoms with E-state index in [2.05, 4.69) is 18.8 Å². The zero-order valence-corrected chi connectivity index (χ0v) is 10.9. The summed E-state index contributed by atoms with van der Waals surface area (Å²) in [4.78, 5) is 4.37. The second-order valence-electron chi connectivity index (χ2n) is 5.50. The summed E-state index contributed by atoms with van der Waals surface area (Å²) in [6.45, 7) is 6.54. The molecular weight excluding hydrogens is 212 g/mol. The third-order valence-electron chi connectivity index (χ3n) is 3.44. The predicted molar refractivity (Wildman–Crippen MR) is 70.0 cm³/mol. The number of nitrogens with zero attached hydrogens (tertiary/aromatic N) is 1. The number of anilines is 1. The van der Waals surface area contributed by atoms with Crippen LogP contribution in [0.25, 0.3) is 0 Å². The maximum atomic E-state index is 5.97. The Labute approximate surface area is 103 Å². The van der Waals surface area contributed by atoms with E-state index in [1.807, 2.05) is 19.1 Å². The molecule has 94 valence electrons. The van der Waals surface area contributed by atoms with Gasteiger partial charge in [-0.05, 0) is 50.2 Å². The first-order valence-electron chi connectivity index (χ1n) is 6.44. The molecule has 3 nitrogen and oxygen atoms in total. The van der Waals surface area contributed by atoms with Crippen LogP contribution in [0.1, 0.15) is 38.8 Å². The highest BCUT2D eigenvalue weighted by molar-refractivity contribution is 5.48. The Morgan fingerprint density at radius 3 is 2.47 bits per heavy atom. The lowest BCUT2D eigenvalue weighted by atomic mass is 9.82. The van der Waals surface area contributed by atoms with Crippen LogP contribution in [0.15, 0.2) is 12.1 Å². The van der Waals surface area contributed by atoms with Crippen LogP contribution in [0.3, 0.4) is 0 Å². The lowest BCUT2D eigenvalue weighted by molar-refractivity contribution is 0.0973. The maximum absolute atomic E-state index is 5.97. The molecule has 2 rings (SSSR count). The fourth-order valence-electron chi connectivity index (χ4n) is 2.77. The number of nitrogen functional groups attached to an aromatic ring is 1. The second kappa shape index (κ2) is 4.94. The Bertz CT molecular complexity index is 382. The number of nitrogens with two attached hydrogens (primary N) is 1.